The molecule has 1 atom stereocenters. The molecule has 0 fully saturated rings. The number of hydrogen-bond donors (Lipinski definition) is 1. The lowest BCUT2D eigenvalue weighted by molar-refractivity contribution is -0.127. The molecule has 3 heterocycles. The Morgan fingerprint density at radius 3 is 2.63 bits per heavy atom. The predicted molar refractivity (Wildman–Crippen MR) is 112 cm³/mol. The molecular formula is C23H20N4O3. The van der Waals surface area contributed by atoms with Gasteiger partial charge in [0.05, 0.1) is 30.3 Å². The summed E-state index contributed by atoms with van der Waals surface area (Å²) in [6.07, 6.45) is 1.63. The SMILES string of the molecule is O=C(CC1C(=O)N(Cc2ccco2)c2nc3ccccc3n21)NCc1ccccc1. The van der Waals surface area contributed by atoms with E-state index in [1.807, 2.05) is 65.2 Å². The lowest BCUT2D eigenvalue weighted by Gasteiger charge is -2.15. The van der Waals surface area contributed by atoms with Crippen molar-refractivity contribution in [2.24, 2.45) is 0 Å². The van der Waals surface area contributed by atoms with Crippen LogP contribution in [0.3, 0.4) is 0 Å². The van der Waals surface area contributed by atoms with E-state index in [1.54, 1.807) is 17.2 Å². The fraction of sp³-hybridized carbons (Fsp3) is 0.174. The van der Waals surface area contributed by atoms with Gasteiger partial charge in [0.1, 0.15) is 11.8 Å². The lowest BCUT2D eigenvalue weighted by atomic mass is 10.1. The first-order valence-electron chi connectivity index (χ1n) is 9.82. The monoisotopic (exact) mass is 400 g/mol. The Morgan fingerprint density at radius 1 is 1.03 bits per heavy atom. The molecule has 0 bridgehead atoms. The normalized spacial score (nSPS) is 15.5. The molecule has 0 radical (unpaired) electrons. The number of para-hydroxylation sites is 2. The van der Waals surface area contributed by atoms with Crippen LogP contribution in [0.5, 0.6) is 0 Å². The zero-order valence-corrected chi connectivity index (χ0v) is 16.2. The number of anilines is 1. The molecule has 1 aliphatic rings. The van der Waals surface area contributed by atoms with E-state index in [1.165, 1.54) is 0 Å². The number of fused-ring (bicyclic) bond motifs is 3. The number of benzene rings is 2. The number of rotatable bonds is 6. The zero-order chi connectivity index (χ0) is 20.5. The molecule has 4 aromatic rings. The maximum absolute atomic E-state index is 13.2. The minimum Gasteiger partial charge on any atom is -0.467 e. The predicted octanol–water partition coefficient (Wildman–Crippen LogP) is 3.42. The van der Waals surface area contributed by atoms with Gasteiger partial charge in [-0.05, 0) is 29.8 Å². The molecule has 2 aromatic carbocycles. The van der Waals surface area contributed by atoms with Gasteiger partial charge in [0, 0.05) is 6.54 Å². The number of carbonyl (C=O) groups excluding carboxylic acids is 2. The Bertz CT molecular complexity index is 1200. The zero-order valence-electron chi connectivity index (χ0n) is 16.2. The first kappa shape index (κ1) is 18.2. The first-order valence-corrected chi connectivity index (χ1v) is 9.82. The average Bonchev–Trinajstić information content (AvgIpc) is 3.47. The van der Waals surface area contributed by atoms with E-state index in [9.17, 15) is 9.59 Å². The van der Waals surface area contributed by atoms with Gasteiger partial charge in [-0.1, -0.05) is 42.5 Å². The highest BCUT2D eigenvalue weighted by atomic mass is 16.3. The quantitative estimate of drug-likeness (QED) is 0.538. The van der Waals surface area contributed by atoms with Crippen molar-refractivity contribution >= 4 is 28.8 Å². The number of nitrogens with zero attached hydrogens (tertiary/aromatic N) is 3. The molecule has 2 amide bonds. The van der Waals surface area contributed by atoms with E-state index < -0.39 is 6.04 Å². The molecule has 1 aliphatic heterocycles. The van der Waals surface area contributed by atoms with E-state index in [2.05, 4.69) is 10.3 Å². The van der Waals surface area contributed by atoms with Gasteiger partial charge in [-0.2, -0.15) is 0 Å². The van der Waals surface area contributed by atoms with Crippen LogP contribution >= 0.6 is 0 Å². The van der Waals surface area contributed by atoms with Crippen LogP contribution in [-0.2, 0) is 22.7 Å². The highest BCUT2D eigenvalue weighted by molar-refractivity contribution is 6.03. The van der Waals surface area contributed by atoms with Crippen LogP contribution < -0.4 is 10.2 Å². The molecule has 1 unspecified atom stereocenters. The summed E-state index contributed by atoms with van der Waals surface area (Å²) in [5.74, 6) is 0.866. The Labute approximate surface area is 172 Å². The minimum absolute atomic E-state index is 0.0493. The fourth-order valence-electron chi connectivity index (χ4n) is 3.85. The van der Waals surface area contributed by atoms with Gasteiger partial charge in [-0.3, -0.25) is 19.1 Å². The molecule has 5 rings (SSSR count). The maximum atomic E-state index is 13.2. The van der Waals surface area contributed by atoms with Crippen LogP contribution in [0.2, 0.25) is 0 Å². The Morgan fingerprint density at radius 2 is 1.83 bits per heavy atom. The molecule has 0 aliphatic carbocycles. The van der Waals surface area contributed by atoms with Crippen molar-refractivity contribution in [2.75, 3.05) is 4.90 Å². The van der Waals surface area contributed by atoms with Gasteiger partial charge in [-0.15, -0.1) is 0 Å². The van der Waals surface area contributed by atoms with Crippen LogP contribution in [0.1, 0.15) is 23.8 Å². The van der Waals surface area contributed by atoms with Crippen molar-refractivity contribution in [1.82, 2.24) is 14.9 Å². The standard InChI is InChI=1S/C23H20N4O3/c28-21(24-14-16-7-2-1-3-8-16)13-20-22(29)26(15-17-9-6-12-30-17)23-25-18-10-4-5-11-19(18)27(20)23/h1-12,20H,13-15H2,(H,24,28). The summed E-state index contributed by atoms with van der Waals surface area (Å²) in [5, 5.41) is 2.92. The average molecular weight is 400 g/mol. The minimum atomic E-state index is -0.641. The van der Waals surface area contributed by atoms with Crippen LogP contribution in [0, 0.1) is 0 Å². The summed E-state index contributed by atoms with van der Waals surface area (Å²) >= 11 is 0. The van der Waals surface area contributed by atoms with Crippen LogP contribution in [-0.4, -0.2) is 21.4 Å². The van der Waals surface area contributed by atoms with Crippen molar-refractivity contribution in [1.29, 1.82) is 0 Å². The highest BCUT2D eigenvalue weighted by Gasteiger charge is 2.41. The third-order valence-corrected chi connectivity index (χ3v) is 5.29. The largest absolute Gasteiger partial charge is 0.467 e. The van der Waals surface area contributed by atoms with Gasteiger partial charge in [0.2, 0.25) is 11.9 Å². The van der Waals surface area contributed by atoms with Gasteiger partial charge >= 0.3 is 0 Å². The number of furan rings is 1. The van der Waals surface area contributed by atoms with E-state index in [-0.39, 0.29) is 24.8 Å². The molecule has 2 aromatic heterocycles. The molecule has 7 nitrogen and oxygen atoms in total. The number of carbonyl (C=O) groups is 2. The Hall–Kier alpha value is -3.87. The van der Waals surface area contributed by atoms with Crippen molar-refractivity contribution in [3.05, 3.63) is 84.3 Å². The Kier molecular flexibility index (Phi) is 4.55. The summed E-state index contributed by atoms with van der Waals surface area (Å²) in [4.78, 5) is 32.2. The van der Waals surface area contributed by atoms with Crippen LogP contribution in [0.15, 0.2) is 77.4 Å². The van der Waals surface area contributed by atoms with Crippen LogP contribution in [0.4, 0.5) is 5.95 Å². The lowest BCUT2D eigenvalue weighted by Crippen LogP contribution is -2.32. The molecule has 30 heavy (non-hydrogen) atoms. The number of amides is 2. The summed E-state index contributed by atoms with van der Waals surface area (Å²) in [7, 11) is 0. The van der Waals surface area contributed by atoms with Gasteiger partial charge < -0.3 is 9.73 Å². The third-order valence-electron chi connectivity index (χ3n) is 5.29. The van der Waals surface area contributed by atoms with E-state index in [0.717, 1.165) is 16.6 Å². The van der Waals surface area contributed by atoms with Crippen molar-refractivity contribution in [3.63, 3.8) is 0 Å². The molecule has 0 saturated carbocycles. The summed E-state index contributed by atoms with van der Waals surface area (Å²) in [5.41, 5.74) is 2.64. The maximum Gasteiger partial charge on any atom is 0.253 e. The van der Waals surface area contributed by atoms with Gasteiger partial charge in [0.15, 0.2) is 0 Å². The second-order valence-corrected chi connectivity index (χ2v) is 7.26. The number of hydrogen-bond acceptors (Lipinski definition) is 4. The van der Waals surface area contributed by atoms with Gasteiger partial charge in [-0.25, -0.2) is 4.98 Å². The van der Waals surface area contributed by atoms with E-state index >= 15 is 0 Å². The summed E-state index contributed by atoms with van der Waals surface area (Å²) in [6.45, 7) is 0.700. The van der Waals surface area contributed by atoms with Gasteiger partial charge in [0.25, 0.3) is 5.91 Å². The smallest absolute Gasteiger partial charge is 0.253 e. The molecule has 150 valence electrons. The second kappa shape index (κ2) is 7.51. The van der Waals surface area contributed by atoms with Crippen molar-refractivity contribution < 1.29 is 14.0 Å². The van der Waals surface area contributed by atoms with Crippen molar-refractivity contribution in [3.8, 4) is 0 Å². The molecule has 0 saturated heterocycles. The van der Waals surface area contributed by atoms with Crippen LogP contribution in [0.25, 0.3) is 11.0 Å². The summed E-state index contributed by atoms with van der Waals surface area (Å²) < 4.78 is 7.29. The fourth-order valence-corrected chi connectivity index (χ4v) is 3.85. The molecule has 1 N–H and O–H groups in total. The topological polar surface area (TPSA) is 80.4 Å². The number of nitrogens with one attached hydrogen (secondary N) is 1. The number of aromatic nitrogens is 2. The van der Waals surface area contributed by atoms with E-state index in [4.69, 9.17) is 4.42 Å². The van der Waals surface area contributed by atoms with E-state index in [0.29, 0.717) is 18.3 Å². The number of imidazole rings is 1. The third kappa shape index (κ3) is 3.24. The second-order valence-electron chi connectivity index (χ2n) is 7.26. The molecular weight excluding hydrogens is 380 g/mol. The Balaban J connectivity index is 1.42. The van der Waals surface area contributed by atoms with Crippen molar-refractivity contribution in [2.45, 2.75) is 25.6 Å². The highest BCUT2D eigenvalue weighted by Crippen LogP contribution is 2.37. The summed E-state index contributed by atoms with van der Waals surface area (Å²) in [6, 6.07) is 20.3. The molecule has 7 heteroatoms. The first-order chi connectivity index (χ1) is 14.7. The molecule has 0 spiro atoms.